The monoisotopic (exact) mass is 583 g/mol. The summed E-state index contributed by atoms with van der Waals surface area (Å²) in [6, 6.07) is 27.6. The number of carbonyl (C=O) groups is 3. The molecule has 6 nitrogen and oxygen atoms in total. The van der Waals surface area contributed by atoms with Crippen molar-refractivity contribution in [3.05, 3.63) is 126 Å². The van der Waals surface area contributed by atoms with Crippen LogP contribution < -0.4 is 15.3 Å². The number of carboxylic acids is 3. The van der Waals surface area contributed by atoms with Crippen molar-refractivity contribution >= 4 is 36.1 Å². The summed E-state index contributed by atoms with van der Waals surface area (Å²) < 4.78 is 0. The average Bonchev–Trinajstić information content (AvgIpc) is 2.83. The molecule has 7 heteroatoms. The van der Waals surface area contributed by atoms with Crippen LogP contribution in [0, 0.1) is 40.8 Å². The standard InChI is InChI=1S/3C9H8O2.Nd/c3*10-9(11)7-6-8-4-2-1-3-5-8;/h3*1-7H,(H,10,11);/q;;;+3/p-3. The van der Waals surface area contributed by atoms with Crippen LogP contribution in [0.25, 0.3) is 18.2 Å². The van der Waals surface area contributed by atoms with E-state index in [1.807, 2.05) is 91.0 Å². The molecule has 0 aromatic heterocycles. The summed E-state index contributed by atoms with van der Waals surface area (Å²) in [4.78, 5) is 29.9. The Morgan fingerprint density at radius 2 is 0.647 bits per heavy atom. The Labute approximate surface area is 231 Å². The van der Waals surface area contributed by atoms with E-state index >= 15 is 0 Å². The first-order chi connectivity index (χ1) is 15.9. The van der Waals surface area contributed by atoms with Crippen molar-refractivity contribution < 1.29 is 70.5 Å². The molecule has 0 heterocycles. The summed E-state index contributed by atoms with van der Waals surface area (Å²) in [5.74, 6) is -3.52. The van der Waals surface area contributed by atoms with Crippen molar-refractivity contribution in [1.29, 1.82) is 0 Å². The van der Waals surface area contributed by atoms with E-state index in [1.165, 1.54) is 18.2 Å². The van der Waals surface area contributed by atoms with E-state index in [2.05, 4.69) is 0 Å². The molecule has 1 radical (unpaired) electrons. The zero-order chi connectivity index (χ0) is 24.3. The summed E-state index contributed by atoms with van der Waals surface area (Å²) in [7, 11) is 0. The maximum Gasteiger partial charge on any atom is 3.00 e. The van der Waals surface area contributed by atoms with Crippen molar-refractivity contribution in [3.63, 3.8) is 0 Å². The second-order valence-corrected chi connectivity index (χ2v) is 6.19. The number of rotatable bonds is 6. The Kier molecular flexibility index (Phi) is 17.2. The van der Waals surface area contributed by atoms with E-state index in [1.54, 1.807) is 0 Å². The summed E-state index contributed by atoms with van der Waals surface area (Å²) in [6.07, 6.45) is 7.51. The van der Waals surface area contributed by atoms with Gasteiger partial charge in [0.25, 0.3) is 0 Å². The first kappa shape index (κ1) is 30.6. The minimum atomic E-state index is -1.17. The zero-order valence-electron chi connectivity index (χ0n) is 18.1. The van der Waals surface area contributed by atoms with Crippen LogP contribution in [0.2, 0.25) is 0 Å². The number of hydrogen-bond acceptors (Lipinski definition) is 6. The predicted molar refractivity (Wildman–Crippen MR) is 121 cm³/mol. The molecule has 3 aromatic rings. The van der Waals surface area contributed by atoms with Crippen LogP contribution in [0.5, 0.6) is 0 Å². The minimum Gasteiger partial charge on any atom is -0.545 e. The van der Waals surface area contributed by atoms with Gasteiger partial charge in [-0.15, -0.1) is 0 Å². The third-order valence-corrected chi connectivity index (χ3v) is 3.63. The van der Waals surface area contributed by atoms with Gasteiger partial charge >= 0.3 is 40.8 Å². The SMILES string of the molecule is O=C([O-])C=Cc1ccccc1.O=C([O-])C=Cc1ccccc1.O=C([O-])C=Cc1ccccc1.[Nd+3]. The second kappa shape index (κ2) is 19.1. The van der Waals surface area contributed by atoms with Gasteiger partial charge in [0.05, 0.1) is 17.9 Å². The number of carboxylic acid groups (broad SMARTS) is 3. The molecule has 0 bridgehead atoms. The third-order valence-electron chi connectivity index (χ3n) is 3.63. The molecule has 0 amide bonds. The third kappa shape index (κ3) is 17.2. The molecular weight excluding hydrogens is 565 g/mol. The summed E-state index contributed by atoms with van der Waals surface area (Å²) in [5, 5.41) is 29.9. The fourth-order valence-corrected chi connectivity index (χ4v) is 2.19. The fourth-order valence-electron chi connectivity index (χ4n) is 2.19. The normalized spacial score (nSPS) is 9.88. The predicted octanol–water partition coefficient (Wildman–Crippen LogP) is 1.35. The first-order valence-electron chi connectivity index (χ1n) is 9.69. The van der Waals surface area contributed by atoms with Gasteiger partial charge < -0.3 is 29.7 Å². The average molecular weight is 586 g/mol. The Balaban J connectivity index is 0.000000473. The van der Waals surface area contributed by atoms with Crippen molar-refractivity contribution in [3.8, 4) is 0 Å². The van der Waals surface area contributed by atoms with Gasteiger partial charge in [-0.05, 0) is 34.9 Å². The van der Waals surface area contributed by atoms with Crippen LogP contribution in [-0.4, -0.2) is 17.9 Å². The molecule has 0 aliphatic rings. The topological polar surface area (TPSA) is 120 Å². The molecule has 0 fully saturated rings. The summed E-state index contributed by atoms with van der Waals surface area (Å²) >= 11 is 0. The molecule has 169 valence electrons. The zero-order valence-corrected chi connectivity index (χ0v) is 21.3. The van der Waals surface area contributed by atoms with E-state index in [-0.39, 0.29) is 40.8 Å². The van der Waals surface area contributed by atoms with Crippen molar-refractivity contribution in [2.45, 2.75) is 0 Å². The van der Waals surface area contributed by atoms with Crippen LogP contribution >= 0.6 is 0 Å². The largest absolute Gasteiger partial charge is 3.00 e. The summed E-state index contributed by atoms with van der Waals surface area (Å²) in [6.45, 7) is 0. The van der Waals surface area contributed by atoms with Crippen LogP contribution in [-0.2, 0) is 14.4 Å². The van der Waals surface area contributed by atoms with E-state index in [0.29, 0.717) is 0 Å². The van der Waals surface area contributed by atoms with Crippen molar-refractivity contribution in [2.75, 3.05) is 0 Å². The molecule has 0 aliphatic carbocycles. The molecule has 0 saturated carbocycles. The minimum absolute atomic E-state index is 0. The second-order valence-electron chi connectivity index (χ2n) is 6.19. The van der Waals surface area contributed by atoms with Gasteiger partial charge in [0, 0.05) is 0 Å². The van der Waals surface area contributed by atoms with E-state index in [0.717, 1.165) is 34.9 Å². The van der Waals surface area contributed by atoms with Gasteiger partial charge in [-0.1, -0.05) is 109 Å². The molecule has 3 aromatic carbocycles. The molecule has 0 N–H and O–H groups in total. The first-order valence-corrected chi connectivity index (χ1v) is 9.69. The Bertz CT molecular complexity index is 934. The van der Waals surface area contributed by atoms with Crippen LogP contribution in [0.15, 0.2) is 109 Å². The van der Waals surface area contributed by atoms with Crippen LogP contribution in [0.3, 0.4) is 0 Å². The van der Waals surface area contributed by atoms with Crippen LogP contribution in [0.1, 0.15) is 16.7 Å². The van der Waals surface area contributed by atoms with Crippen molar-refractivity contribution in [1.82, 2.24) is 0 Å². The molecular formula is C27H21NdO6. The van der Waals surface area contributed by atoms with Gasteiger partial charge in [0.1, 0.15) is 0 Å². The van der Waals surface area contributed by atoms with Gasteiger partial charge in [-0.3, -0.25) is 0 Å². The number of benzene rings is 3. The Hall–Kier alpha value is -3.36. The molecule has 0 aliphatic heterocycles. The maximum atomic E-state index is 9.97. The Morgan fingerprint density at radius 1 is 0.441 bits per heavy atom. The van der Waals surface area contributed by atoms with Crippen LogP contribution in [0.4, 0.5) is 0 Å². The molecule has 0 saturated heterocycles. The van der Waals surface area contributed by atoms with Gasteiger partial charge in [-0.25, -0.2) is 0 Å². The van der Waals surface area contributed by atoms with E-state index in [9.17, 15) is 29.7 Å². The number of hydrogen-bond donors (Lipinski definition) is 0. The molecule has 3 rings (SSSR count). The molecule has 0 spiro atoms. The van der Waals surface area contributed by atoms with Crippen molar-refractivity contribution in [2.24, 2.45) is 0 Å². The fraction of sp³-hybridized carbons (Fsp3) is 0. The molecule has 0 unspecified atom stereocenters. The van der Waals surface area contributed by atoms with Gasteiger partial charge in [0.2, 0.25) is 0 Å². The molecule has 0 atom stereocenters. The maximum absolute atomic E-state index is 9.97. The van der Waals surface area contributed by atoms with E-state index < -0.39 is 17.9 Å². The van der Waals surface area contributed by atoms with Gasteiger partial charge in [0.15, 0.2) is 0 Å². The van der Waals surface area contributed by atoms with Gasteiger partial charge in [-0.2, -0.15) is 0 Å². The number of aliphatic carboxylic acids is 3. The summed E-state index contributed by atoms with van der Waals surface area (Å²) in [5.41, 5.74) is 2.57. The Morgan fingerprint density at radius 3 is 0.824 bits per heavy atom. The number of carbonyl (C=O) groups excluding carboxylic acids is 3. The van der Waals surface area contributed by atoms with E-state index in [4.69, 9.17) is 0 Å². The quantitative estimate of drug-likeness (QED) is 0.403. The molecule has 34 heavy (non-hydrogen) atoms. The smallest absolute Gasteiger partial charge is 0.545 e.